The largest absolute Gasteiger partial charge is 0.492 e. The van der Waals surface area contributed by atoms with Crippen molar-refractivity contribution in [1.82, 2.24) is 19.8 Å². The molecule has 0 spiro atoms. The number of rotatable bonds is 10. The molecular formula is C26H32N4O5. The lowest BCUT2D eigenvalue weighted by molar-refractivity contribution is -0.121. The first-order chi connectivity index (χ1) is 17.0. The number of carbonyl (C=O) groups is 1. The Bertz CT molecular complexity index is 1260. The Morgan fingerprint density at radius 3 is 2.80 bits per heavy atom. The standard InChI is InChI=1S/C26H32N4O5/c1-29(20-10-14-34-15-11-20)13-16-35-21-6-4-5-19(17-21)18-27-24(31)9-12-30-23-8-3-2-7-22(23)25(32)28-26(30)33/h2-8,17,20H,9-16,18H2,1H3,(H,27,31)(H,28,32,33). The fourth-order valence-electron chi connectivity index (χ4n) is 4.33. The number of hydrogen-bond acceptors (Lipinski definition) is 6. The van der Waals surface area contributed by atoms with Crippen LogP contribution in [0, 0.1) is 0 Å². The number of H-pyrrole nitrogens is 1. The van der Waals surface area contributed by atoms with Gasteiger partial charge in [0, 0.05) is 45.3 Å². The van der Waals surface area contributed by atoms with Crippen LogP contribution in [0.3, 0.4) is 0 Å². The summed E-state index contributed by atoms with van der Waals surface area (Å²) in [6.45, 7) is 3.60. The van der Waals surface area contributed by atoms with Crippen LogP contribution < -0.4 is 21.3 Å². The number of nitrogens with one attached hydrogen (secondary N) is 2. The molecule has 9 heteroatoms. The fraction of sp³-hybridized carbons (Fsp3) is 0.423. The van der Waals surface area contributed by atoms with E-state index in [0.717, 1.165) is 43.9 Å². The minimum atomic E-state index is -0.520. The third kappa shape index (κ3) is 6.58. The van der Waals surface area contributed by atoms with Gasteiger partial charge in [0.2, 0.25) is 5.91 Å². The van der Waals surface area contributed by atoms with Gasteiger partial charge >= 0.3 is 5.69 Å². The zero-order valence-corrected chi connectivity index (χ0v) is 20.0. The number of fused-ring (bicyclic) bond motifs is 1. The van der Waals surface area contributed by atoms with Crippen molar-refractivity contribution in [2.75, 3.05) is 33.4 Å². The molecule has 0 aliphatic carbocycles. The van der Waals surface area contributed by atoms with Gasteiger partial charge in [0.1, 0.15) is 12.4 Å². The van der Waals surface area contributed by atoms with Crippen molar-refractivity contribution in [2.24, 2.45) is 0 Å². The minimum Gasteiger partial charge on any atom is -0.492 e. The number of likely N-dealkylation sites (N-methyl/N-ethyl adjacent to an activating group) is 1. The van der Waals surface area contributed by atoms with E-state index >= 15 is 0 Å². The number of benzene rings is 2. The van der Waals surface area contributed by atoms with Crippen LogP contribution in [-0.4, -0.2) is 59.8 Å². The van der Waals surface area contributed by atoms with Gasteiger partial charge in [-0.15, -0.1) is 0 Å². The maximum absolute atomic E-state index is 12.4. The highest BCUT2D eigenvalue weighted by Crippen LogP contribution is 2.15. The van der Waals surface area contributed by atoms with Crippen LogP contribution in [0.4, 0.5) is 0 Å². The summed E-state index contributed by atoms with van der Waals surface area (Å²) in [4.78, 5) is 41.3. The van der Waals surface area contributed by atoms with E-state index in [9.17, 15) is 14.4 Å². The van der Waals surface area contributed by atoms with Crippen molar-refractivity contribution in [3.05, 3.63) is 74.9 Å². The molecule has 4 rings (SSSR count). The minimum absolute atomic E-state index is 0.116. The van der Waals surface area contributed by atoms with Gasteiger partial charge < -0.3 is 14.8 Å². The van der Waals surface area contributed by atoms with Crippen LogP contribution in [0.5, 0.6) is 5.75 Å². The second-order valence-corrected chi connectivity index (χ2v) is 8.77. The second-order valence-electron chi connectivity index (χ2n) is 8.77. The Hall–Kier alpha value is -3.43. The molecule has 1 aromatic heterocycles. The van der Waals surface area contributed by atoms with Gasteiger partial charge in [0.15, 0.2) is 0 Å². The van der Waals surface area contributed by atoms with Crippen LogP contribution >= 0.6 is 0 Å². The van der Waals surface area contributed by atoms with Gasteiger partial charge in [-0.3, -0.25) is 24.0 Å². The summed E-state index contributed by atoms with van der Waals surface area (Å²) in [6, 6.07) is 15.1. The van der Waals surface area contributed by atoms with E-state index in [1.165, 1.54) is 4.57 Å². The molecule has 1 aliphatic rings. The monoisotopic (exact) mass is 480 g/mol. The predicted molar refractivity (Wildman–Crippen MR) is 134 cm³/mol. The quantitative estimate of drug-likeness (QED) is 0.459. The summed E-state index contributed by atoms with van der Waals surface area (Å²) in [7, 11) is 2.12. The van der Waals surface area contributed by atoms with Gasteiger partial charge in [0.25, 0.3) is 5.56 Å². The maximum Gasteiger partial charge on any atom is 0.328 e. The number of amides is 1. The third-order valence-electron chi connectivity index (χ3n) is 6.38. The fourth-order valence-corrected chi connectivity index (χ4v) is 4.33. The molecule has 3 aromatic rings. The highest BCUT2D eigenvalue weighted by atomic mass is 16.5. The van der Waals surface area contributed by atoms with Crippen LogP contribution in [0.2, 0.25) is 0 Å². The molecule has 0 bridgehead atoms. The molecule has 186 valence electrons. The van der Waals surface area contributed by atoms with Gasteiger partial charge in [0.05, 0.1) is 10.9 Å². The predicted octanol–water partition coefficient (Wildman–Crippen LogP) is 1.89. The van der Waals surface area contributed by atoms with E-state index < -0.39 is 11.2 Å². The maximum atomic E-state index is 12.4. The summed E-state index contributed by atoms with van der Waals surface area (Å²) in [6.07, 6.45) is 2.22. The molecule has 2 aromatic carbocycles. The third-order valence-corrected chi connectivity index (χ3v) is 6.38. The molecule has 0 atom stereocenters. The lowest BCUT2D eigenvalue weighted by atomic mass is 10.1. The summed E-state index contributed by atoms with van der Waals surface area (Å²) < 4.78 is 12.8. The Morgan fingerprint density at radius 1 is 1.17 bits per heavy atom. The SMILES string of the molecule is CN(CCOc1cccc(CNC(=O)CCn2c(=O)[nH]c(=O)c3ccccc32)c1)C1CCOCC1. The van der Waals surface area contributed by atoms with Crippen molar-refractivity contribution in [2.45, 2.75) is 38.4 Å². The van der Waals surface area contributed by atoms with Gasteiger partial charge in [-0.25, -0.2) is 4.79 Å². The van der Waals surface area contributed by atoms with E-state index in [4.69, 9.17) is 9.47 Å². The van der Waals surface area contributed by atoms with Crippen molar-refractivity contribution in [3.63, 3.8) is 0 Å². The van der Waals surface area contributed by atoms with E-state index in [0.29, 0.717) is 30.1 Å². The van der Waals surface area contributed by atoms with Crippen LogP contribution in [0.25, 0.3) is 10.9 Å². The summed E-state index contributed by atoms with van der Waals surface area (Å²) >= 11 is 0. The topological polar surface area (TPSA) is 106 Å². The van der Waals surface area contributed by atoms with Gasteiger partial charge in [-0.05, 0) is 49.7 Å². The Labute approximate surface area is 203 Å². The number of ether oxygens (including phenoxy) is 2. The van der Waals surface area contributed by atoms with E-state index in [-0.39, 0.29) is 18.9 Å². The molecule has 35 heavy (non-hydrogen) atoms. The number of aryl methyl sites for hydroxylation is 1. The number of nitrogens with zero attached hydrogens (tertiary/aromatic N) is 2. The highest BCUT2D eigenvalue weighted by Gasteiger charge is 2.18. The number of para-hydroxylation sites is 1. The van der Waals surface area contributed by atoms with Crippen molar-refractivity contribution < 1.29 is 14.3 Å². The van der Waals surface area contributed by atoms with E-state index in [1.807, 2.05) is 24.3 Å². The smallest absolute Gasteiger partial charge is 0.328 e. The van der Waals surface area contributed by atoms with Crippen LogP contribution in [0.15, 0.2) is 58.1 Å². The Balaban J connectivity index is 1.25. The van der Waals surface area contributed by atoms with Crippen molar-refractivity contribution >= 4 is 16.8 Å². The molecule has 1 fully saturated rings. The van der Waals surface area contributed by atoms with Crippen molar-refractivity contribution in [1.29, 1.82) is 0 Å². The number of carbonyl (C=O) groups excluding carboxylic acids is 1. The highest BCUT2D eigenvalue weighted by molar-refractivity contribution is 5.78. The normalized spacial score (nSPS) is 14.3. The zero-order chi connectivity index (χ0) is 24.6. The lowest BCUT2D eigenvalue weighted by Crippen LogP contribution is -2.38. The van der Waals surface area contributed by atoms with Crippen molar-refractivity contribution in [3.8, 4) is 5.75 Å². The molecule has 9 nitrogen and oxygen atoms in total. The van der Waals surface area contributed by atoms with E-state index in [1.54, 1.807) is 24.3 Å². The lowest BCUT2D eigenvalue weighted by Gasteiger charge is -2.31. The first kappa shape index (κ1) is 24.7. The zero-order valence-electron chi connectivity index (χ0n) is 20.0. The number of aromatic nitrogens is 2. The Kier molecular flexibility index (Phi) is 8.33. The average molecular weight is 481 g/mol. The first-order valence-corrected chi connectivity index (χ1v) is 12.0. The molecule has 1 saturated heterocycles. The summed E-state index contributed by atoms with van der Waals surface area (Å²) in [5.41, 5.74) is 0.499. The molecule has 0 saturated carbocycles. The molecule has 0 radical (unpaired) electrons. The summed E-state index contributed by atoms with van der Waals surface area (Å²) in [5, 5.41) is 3.31. The molecule has 0 unspecified atom stereocenters. The number of aromatic amines is 1. The molecule has 2 N–H and O–H groups in total. The molecular weight excluding hydrogens is 448 g/mol. The Morgan fingerprint density at radius 2 is 1.97 bits per heavy atom. The molecule has 1 amide bonds. The summed E-state index contributed by atoms with van der Waals surface area (Å²) in [5.74, 6) is 0.583. The second kappa shape index (κ2) is 11.8. The van der Waals surface area contributed by atoms with E-state index in [2.05, 4.69) is 22.2 Å². The molecule has 2 heterocycles. The van der Waals surface area contributed by atoms with Crippen LogP contribution in [0.1, 0.15) is 24.8 Å². The van der Waals surface area contributed by atoms with Gasteiger partial charge in [-0.2, -0.15) is 0 Å². The number of hydrogen-bond donors (Lipinski definition) is 2. The van der Waals surface area contributed by atoms with Crippen LogP contribution in [-0.2, 0) is 22.6 Å². The first-order valence-electron chi connectivity index (χ1n) is 12.0. The molecule has 1 aliphatic heterocycles. The average Bonchev–Trinajstić information content (AvgIpc) is 2.88. The van der Waals surface area contributed by atoms with Gasteiger partial charge in [-0.1, -0.05) is 24.3 Å².